The van der Waals surface area contributed by atoms with E-state index < -0.39 is 15.7 Å². The summed E-state index contributed by atoms with van der Waals surface area (Å²) in [5.74, 6) is -0.392. The first kappa shape index (κ1) is 20.9. The minimum absolute atomic E-state index is 0.157. The Labute approximate surface area is 169 Å². The standard InChI is InChI=1S/C22H23FN2O3S/c1-22(2,3)14-25-21(26)20(16-5-9-17(23)10-6-16)19(13-24-25)15-7-11-18(12-8-15)29(4,27)28/h5-13H,14H2,1-4H3. The van der Waals surface area contributed by atoms with E-state index in [4.69, 9.17) is 0 Å². The van der Waals surface area contributed by atoms with Crippen LogP contribution < -0.4 is 5.56 Å². The number of hydrogen-bond donors (Lipinski definition) is 0. The van der Waals surface area contributed by atoms with Crippen LogP contribution in [0.1, 0.15) is 20.8 Å². The van der Waals surface area contributed by atoms with Gasteiger partial charge in [-0.15, -0.1) is 0 Å². The predicted octanol–water partition coefficient (Wildman–Crippen LogP) is 4.17. The van der Waals surface area contributed by atoms with Gasteiger partial charge in [0.15, 0.2) is 9.84 Å². The molecular weight excluding hydrogens is 391 g/mol. The lowest BCUT2D eigenvalue weighted by Crippen LogP contribution is -2.30. The first-order valence-corrected chi connectivity index (χ1v) is 11.0. The van der Waals surface area contributed by atoms with Crippen molar-refractivity contribution in [2.75, 3.05) is 6.26 Å². The average molecular weight is 415 g/mol. The van der Waals surface area contributed by atoms with E-state index in [0.29, 0.717) is 28.8 Å². The van der Waals surface area contributed by atoms with Crippen molar-refractivity contribution in [1.29, 1.82) is 0 Å². The molecule has 2 aromatic carbocycles. The number of nitrogens with zero attached hydrogens (tertiary/aromatic N) is 2. The van der Waals surface area contributed by atoms with Crippen molar-refractivity contribution in [1.82, 2.24) is 9.78 Å². The van der Waals surface area contributed by atoms with Gasteiger partial charge >= 0.3 is 0 Å². The summed E-state index contributed by atoms with van der Waals surface area (Å²) >= 11 is 0. The summed E-state index contributed by atoms with van der Waals surface area (Å²) in [6, 6.07) is 12.0. The van der Waals surface area contributed by atoms with Crippen molar-refractivity contribution in [3.8, 4) is 22.3 Å². The molecule has 0 unspecified atom stereocenters. The fraction of sp³-hybridized carbons (Fsp3) is 0.273. The molecule has 0 aliphatic heterocycles. The lowest BCUT2D eigenvalue weighted by molar-refractivity contribution is 0.317. The molecule has 0 fully saturated rings. The molecule has 0 N–H and O–H groups in total. The molecule has 3 aromatic rings. The van der Waals surface area contributed by atoms with Crippen molar-refractivity contribution in [2.24, 2.45) is 5.41 Å². The van der Waals surface area contributed by atoms with Crippen LogP contribution in [-0.4, -0.2) is 24.5 Å². The van der Waals surface area contributed by atoms with Crippen LogP contribution in [0.3, 0.4) is 0 Å². The summed E-state index contributed by atoms with van der Waals surface area (Å²) < 4.78 is 38.3. The zero-order chi connectivity index (χ0) is 21.4. The number of sulfone groups is 1. The highest BCUT2D eigenvalue weighted by atomic mass is 32.2. The maximum absolute atomic E-state index is 13.4. The number of aromatic nitrogens is 2. The maximum Gasteiger partial charge on any atom is 0.275 e. The molecule has 0 spiro atoms. The fourth-order valence-corrected chi connectivity index (χ4v) is 3.68. The van der Waals surface area contributed by atoms with Crippen LogP contribution in [0.5, 0.6) is 0 Å². The number of benzene rings is 2. The van der Waals surface area contributed by atoms with Gasteiger partial charge in [0.25, 0.3) is 5.56 Å². The Hall–Kier alpha value is -2.80. The number of rotatable bonds is 4. The highest BCUT2D eigenvalue weighted by Crippen LogP contribution is 2.30. The Morgan fingerprint density at radius 1 is 0.966 bits per heavy atom. The second kappa shape index (κ2) is 7.55. The minimum atomic E-state index is -3.33. The Bertz CT molecular complexity index is 1190. The van der Waals surface area contributed by atoms with E-state index >= 15 is 0 Å². The Balaban J connectivity index is 2.22. The highest BCUT2D eigenvalue weighted by molar-refractivity contribution is 7.90. The molecule has 3 rings (SSSR count). The van der Waals surface area contributed by atoms with E-state index in [9.17, 15) is 17.6 Å². The number of halogens is 1. The van der Waals surface area contributed by atoms with Crippen LogP contribution in [0.15, 0.2) is 64.4 Å². The fourth-order valence-electron chi connectivity index (χ4n) is 3.05. The van der Waals surface area contributed by atoms with Crippen molar-refractivity contribution in [2.45, 2.75) is 32.2 Å². The molecule has 0 amide bonds. The van der Waals surface area contributed by atoms with Crippen LogP contribution in [0.2, 0.25) is 0 Å². The molecule has 5 nitrogen and oxygen atoms in total. The first-order valence-electron chi connectivity index (χ1n) is 9.12. The smallest absolute Gasteiger partial charge is 0.267 e. The Morgan fingerprint density at radius 2 is 1.52 bits per heavy atom. The second-order valence-electron chi connectivity index (χ2n) is 8.26. The van der Waals surface area contributed by atoms with Crippen LogP contribution in [-0.2, 0) is 16.4 Å². The van der Waals surface area contributed by atoms with Crippen LogP contribution in [0.4, 0.5) is 4.39 Å². The zero-order valence-electron chi connectivity index (χ0n) is 16.8. The SMILES string of the molecule is CC(C)(C)Cn1ncc(-c2ccc(S(C)(=O)=O)cc2)c(-c2ccc(F)cc2)c1=O. The van der Waals surface area contributed by atoms with Crippen molar-refractivity contribution in [3.05, 3.63) is 70.9 Å². The summed E-state index contributed by atoms with van der Waals surface area (Å²) in [6.45, 7) is 6.46. The second-order valence-corrected chi connectivity index (χ2v) is 10.3. The van der Waals surface area contributed by atoms with Crippen molar-refractivity contribution >= 4 is 9.84 Å². The van der Waals surface area contributed by atoms with E-state index in [2.05, 4.69) is 5.10 Å². The molecular formula is C22H23FN2O3S. The predicted molar refractivity (Wildman–Crippen MR) is 112 cm³/mol. The van der Waals surface area contributed by atoms with E-state index in [1.807, 2.05) is 20.8 Å². The molecule has 7 heteroatoms. The van der Waals surface area contributed by atoms with Gasteiger partial charge in [0.05, 0.1) is 16.7 Å². The van der Waals surface area contributed by atoms with E-state index in [0.717, 1.165) is 6.26 Å². The molecule has 0 atom stereocenters. The molecule has 0 bridgehead atoms. The summed E-state index contributed by atoms with van der Waals surface area (Å²) in [6.07, 6.45) is 2.74. The van der Waals surface area contributed by atoms with Gasteiger partial charge in [-0.25, -0.2) is 17.5 Å². The van der Waals surface area contributed by atoms with Gasteiger partial charge in [0.2, 0.25) is 0 Å². The Morgan fingerprint density at radius 3 is 2.03 bits per heavy atom. The molecule has 152 valence electrons. The van der Waals surface area contributed by atoms with Crippen LogP contribution in [0.25, 0.3) is 22.3 Å². The topological polar surface area (TPSA) is 69.0 Å². The van der Waals surface area contributed by atoms with Gasteiger partial charge in [-0.05, 0) is 40.8 Å². The minimum Gasteiger partial charge on any atom is -0.267 e. The largest absolute Gasteiger partial charge is 0.275 e. The van der Waals surface area contributed by atoms with Gasteiger partial charge in [0.1, 0.15) is 5.82 Å². The summed E-state index contributed by atoms with van der Waals surface area (Å²) in [5, 5.41) is 4.33. The molecule has 0 aliphatic rings. The normalized spacial score (nSPS) is 12.2. The third-order valence-electron chi connectivity index (χ3n) is 4.39. The Kier molecular flexibility index (Phi) is 5.45. The van der Waals surface area contributed by atoms with E-state index in [1.54, 1.807) is 30.5 Å². The van der Waals surface area contributed by atoms with E-state index in [1.165, 1.54) is 28.9 Å². The number of hydrogen-bond acceptors (Lipinski definition) is 4. The molecule has 0 saturated heterocycles. The molecule has 0 saturated carbocycles. The lowest BCUT2D eigenvalue weighted by atomic mass is 9.95. The van der Waals surface area contributed by atoms with E-state index in [-0.39, 0.29) is 15.9 Å². The third kappa shape index (κ3) is 4.79. The quantitative estimate of drug-likeness (QED) is 0.643. The molecule has 0 aliphatic carbocycles. The van der Waals surface area contributed by atoms with Crippen molar-refractivity contribution in [3.63, 3.8) is 0 Å². The van der Waals surface area contributed by atoms with Gasteiger partial charge < -0.3 is 0 Å². The van der Waals surface area contributed by atoms with Crippen LogP contribution in [0, 0.1) is 11.2 Å². The molecule has 29 heavy (non-hydrogen) atoms. The van der Waals surface area contributed by atoms with Gasteiger partial charge in [-0.1, -0.05) is 45.0 Å². The molecule has 1 heterocycles. The highest BCUT2D eigenvalue weighted by Gasteiger charge is 2.19. The molecule has 0 radical (unpaired) electrons. The monoisotopic (exact) mass is 414 g/mol. The summed E-state index contributed by atoms with van der Waals surface area (Å²) in [7, 11) is -3.33. The average Bonchev–Trinajstić information content (AvgIpc) is 2.62. The van der Waals surface area contributed by atoms with Crippen molar-refractivity contribution < 1.29 is 12.8 Å². The molecule has 1 aromatic heterocycles. The third-order valence-corrected chi connectivity index (χ3v) is 5.52. The summed E-state index contributed by atoms with van der Waals surface area (Å²) in [5.41, 5.74) is 1.75. The van der Waals surface area contributed by atoms with Crippen LogP contribution >= 0.6 is 0 Å². The lowest BCUT2D eigenvalue weighted by Gasteiger charge is -2.20. The maximum atomic E-state index is 13.4. The van der Waals surface area contributed by atoms with Gasteiger partial charge in [-0.2, -0.15) is 5.10 Å². The first-order chi connectivity index (χ1) is 13.5. The zero-order valence-corrected chi connectivity index (χ0v) is 17.6. The van der Waals surface area contributed by atoms with Gasteiger partial charge in [0, 0.05) is 18.4 Å². The summed E-state index contributed by atoms with van der Waals surface area (Å²) in [4.78, 5) is 13.5. The van der Waals surface area contributed by atoms with Gasteiger partial charge in [-0.3, -0.25) is 4.79 Å².